The van der Waals surface area contributed by atoms with Crippen molar-refractivity contribution < 1.29 is 67.4 Å². The average Bonchev–Trinajstić information content (AvgIpc) is 2.82. The van der Waals surface area contributed by atoms with Crippen LogP contribution < -0.4 is 15.3 Å². The second-order valence-corrected chi connectivity index (χ2v) is 11.3. The van der Waals surface area contributed by atoms with E-state index in [1.165, 1.54) is 12.8 Å². The minimum Gasteiger partial charge on any atom is -0.550 e. The van der Waals surface area contributed by atoms with Crippen molar-refractivity contribution in [2.24, 2.45) is 16.2 Å². The van der Waals surface area contributed by atoms with Gasteiger partial charge in [-0.15, -0.1) is 0 Å². The van der Waals surface area contributed by atoms with E-state index in [1.54, 1.807) is 27.7 Å². The number of hydrogen-bond acceptors (Lipinski definition) is 6. The molecule has 0 aromatic carbocycles. The molecule has 0 fully saturated rings. The van der Waals surface area contributed by atoms with Crippen molar-refractivity contribution in [3.8, 4) is 0 Å². The Labute approximate surface area is 258 Å². The predicted octanol–water partition coefficient (Wildman–Crippen LogP) is 5.20. The minimum absolute atomic E-state index is 0. The van der Waals surface area contributed by atoms with Crippen molar-refractivity contribution >= 4 is 17.9 Å². The fraction of sp³-hybridized carbons (Fsp3) is 0.900. The average molecular weight is 679 g/mol. The molecular weight excluding hydrogens is 621 g/mol. The van der Waals surface area contributed by atoms with Crippen LogP contribution in [0, 0.1) is 54.0 Å². The number of carboxylic acid groups (broad SMARTS) is 3. The number of rotatable bonds is 18. The Balaban J connectivity index is -0.000000218. The molecule has 2 atom stereocenters. The molecule has 0 aliphatic heterocycles. The molecule has 0 aromatic rings. The van der Waals surface area contributed by atoms with E-state index in [-0.39, 0.29) is 37.7 Å². The SMILES string of the molecule is CCCCCC(C)(CC)C(=O)[O-].CCCCCC(C)(CC)C(=O)[O-].CCCCCCC(C)(C)C(=O)[O-].[Ho+3]. The van der Waals surface area contributed by atoms with Crippen LogP contribution in [-0.2, 0) is 14.4 Å². The maximum Gasteiger partial charge on any atom is 3.00 e. The molecule has 0 aliphatic rings. The van der Waals surface area contributed by atoms with Gasteiger partial charge in [-0.3, -0.25) is 0 Å². The fourth-order valence-electron chi connectivity index (χ4n) is 3.47. The van der Waals surface area contributed by atoms with Gasteiger partial charge in [0.1, 0.15) is 0 Å². The molecule has 0 aromatic heterocycles. The van der Waals surface area contributed by atoms with Gasteiger partial charge in [-0.05, 0) is 32.1 Å². The van der Waals surface area contributed by atoms with Gasteiger partial charge in [0, 0.05) is 34.2 Å². The fourth-order valence-corrected chi connectivity index (χ4v) is 3.47. The van der Waals surface area contributed by atoms with Crippen LogP contribution >= 0.6 is 0 Å². The Bertz CT molecular complexity index is 559. The zero-order valence-electron chi connectivity index (χ0n) is 25.4. The summed E-state index contributed by atoms with van der Waals surface area (Å²) < 4.78 is 0. The molecule has 0 N–H and O–H groups in total. The summed E-state index contributed by atoms with van der Waals surface area (Å²) in [6.07, 6.45) is 14.6. The monoisotopic (exact) mass is 678 g/mol. The Morgan fingerprint density at radius 1 is 0.486 bits per heavy atom. The van der Waals surface area contributed by atoms with Gasteiger partial charge in [-0.1, -0.05) is 127 Å². The van der Waals surface area contributed by atoms with Gasteiger partial charge in [0.2, 0.25) is 0 Å². The summed E-state index contributed by atoms with van der Waals surface area (Å²) in [4.78, 5) is 32.0. The molecule has 0 aliphatic carbocycles. The van der Waals surface area contributed by atoms with Crippen LogP contribution in [0.4, 0.5) is 0 Å². The summed E-state index contributed by atoms with van der Waals surface area (Å²) in [6, 6.07) is 0. The standard InChI is InChI=1S/3C10H20O2.Ho/c1-4-5-6-7-8-10(2,3)9(11)12;2*1-4-6-7-8-10(3,5-2)9(11)12;/h3*4-8H2,1-3H3,(H,11,12);/q;;;+3/p-3. The molecule has 0 bridgehead atoms. The molecule has 0 saturated carbocycles. The quantitative estimate of drug-likeness (QED) is 0.145. The zero-order chi connectivity index (χ0) is 28.8. The van der Waals surface area contributed by atoms with Gasteiger partial charge in [0.05, 0.1) is 0 Å². The largest absolute Gasteiger partial charge is 3.00 e. The van der Waals surface area contributed by atoms with E-state index in [0.717, 1.165) is 70.6 Å². The van der Waals surface area contributed by atoms with Crippen molar-refractivity contribution in [3.63, 3.8) is 0 Å². The molecule has 6 nitrogen and oxygen atoms in total. The van der Waals surface area contributed by atoms with Crippen molar-refractivity contribution in [2.75, 3.05) is 0 Å². The van der Waals surface area contributed by atoms with Gasteiger partial charge < -0.3 is 29.7 Å². The Morgan fingerprint density at radius 2 is 0.784 bits per heavy atom. The smallest absolute Gasteiger partial charge is 0.550 e. The number of aliphatic carboxylic acids is 3. The van der Waals surface area contributed by atoms with Crippen LogP contribution in [0.1, 0.15) is 159 Å². The second kappa shape index (κ2) is 24.7. The maximum absolute atomic E-state index is 10.7. The van der Waals surface area contributed by atoms with Crippen LogP contribution in [0.2, 0.25) is 0 Å². The van der Waals surface area contributed by atoms with Crippen LogP contribution in [-0.4, -0.2) is 17.9 Å². The van der Waals surface area contributed by atoms with E-state index in [1.807, 2.05) is 13.8 Å². The van der Waals surface area contributed by atoms with Crippen molar-refractivity contribution in [1.29, 1.82) is 0 Å². The minimum atomic E-state index is -0.931. The van der Waals surface area contributed by atoms with Crippen LogP contribution in [0.3, 0.4) is 0 Å². The third-order valence-electron chi connectivity index (χ3n) is 7.42. The van der Waals surface area contributed by atoms with Crippen LogP contribution in [0.25, 0.3) is 0 Å². The van der Waals surface area contributed by atoms with E-state index in [4.69, 9.17) is 0 Å². The molecule has 37 heavy (non-hydrogen) atoms. The zero-order valence-corrected chi connectivity index (χ0v) is 27.3. The van der Waals surface area contributed by atoms with Crippen molar-refractivity contribution in [1.82, 2.24) is 0 Å². The second-order valence-electron chi connectivity index (χ2n) is 11.3. The molecule has 2 unspecified atom stereocenters. The van der Waals surface area contributed by atoms with Crippen molar-refractivity contribution in [3.05, 3.63) is 0 Å². The predicted molar refractivity (Wildman–Crippen MR) is 143 cm³/mol. The summed E-state index contributed by atoms with van der Waals surface area (Å²) in [6.45, 7) is 17.2. The summed E-state index contributed by atoms with van der Waals surface area (Å²) in [7, 11) is 0. The molecule has 0 amide bonds. The molecule has 0 rings (SSSR count). The van der Waals surface area contributed by atoms with Gasteiger partial charge in [0.25, 0.3) is 0 Å². The number of carboxylic acids is 3. The first-order valence-electron chi connectivity index (χ1n) is 14.3. The number of hydrogen-bond donors (Lipinski definition) is 0. The summed E-state index contributed by atoms with van der Waals surface area (Å²) in [5.41, 5.74) is -1.85. The number of carbonyl (C=O) groups is 3. The maximum atomic E-state index is 10.7. The summed E-state index contributed by atoms with van der Waals surface area (Å²) >= 11 is 0. The topological polar surface area (TPSA) is 120 Å². The molecule has 0 spiro atoms. The molecule has 0 saturated heterocycles. The van der Waals surface area contributed by atoms with E-state index in [9.17, 15) is 29.7 Å². The van der Waals surface area contributed by atoms with Crippen LogP contribution in [0.15, 0.2) is 0 Å². The summed E-state index contributed by atoms with van der Waals surface area (Å²) in [5.74, 6) is -2.73. The first kappa shape index (κ1) is 43.7. The van der Waals surface area contributed by atoms with Crippen molar-refractivity contribution in [2.45, 2.75) is 159 Å². The van der Waals surface area contributed by atoms with E-state index < -0.39 is 34.2 Å². The van der Waals surface area contributed by atoms with Gasteiger partial charge >= 0.3 is 37.7 Å². The molecule has 0 heterocycles. The third-order valence-corrected chi connectivity index (χ3v) is 7.42. The van der Waals surface area contributed by atoms with E-state index in [0.29, 0.717) is 12.8 Å². The third kappa shape index (κ3) is 22.2. The van der Waals surface area contributed by atoms with E-state index in [2.05, 4.69) is 20.8 Å². The van der Waals surface area contributed by atoms with Gasteiger partial charge in [0.15, 0.2) is 0 Å². The van der Waals surface area contributed by atoms with E-state index >= 15 is 0 Å². The summed E-state index contributed by atoms with van der Waals surface area (Å²) in [5, 5.41) is 32.0. The number of carbonyl (C=O) groups excluding carboxylic acids is 3. The number of unbranched alkanes of at least 4 members (excludes halogenated alkanes) is 7. The molecular formula is C30H57HoO6. The first-order valence-corrected chi connectivity index (χ1v) is 14.3. The molecule has 224 valence electrons. The normalized spacial score (nSPS) is 13.9. The van der Waals surface area contributed by atoms with Gasteiger partial charge in [-0.2, -0.15) is 0 Å². The first-order chi connectivity index (χ1) is 16.6. The van der Waals surface area contributed by atoms with Gasteiger partial charge in [-0.25, -0.2) is 0 Å². The molecule has 0 radical (unpaired) electrons. The Hall–Kier alpha value is -0.330. The molecule has 7 heteroatoms. The van der Waals surface area contributed by atoms with Crippen LogP contribution in [0.5, 0.6) is 0 Å². The Morgan fingerprint density at radius 3 is 1.03 bits per heavy atom. The Kier molecular flexibility index (Phi) is 29.2.